The Morgan fingerprint density at radius 3 is 2.33 bits per heavy atom. The average Bonchev–Trinajstić information content (AvgIpc) is 3.27. The highest BCUT2D eigenvalue weighted by atomic mass is 33.1. The maximum atomic E-state index is 12.7. The molecule has 1 unspecified atom stereocenters. The van der Waals surface area contributed by atoms with Gasteiger partial charge in [-0.15, -0.1) is 11.3 Å². The third kappa shape index (κ3) is 11.6. The molecule has 1 atom stereocenters. The second kappa shape index (κ2) is 17.8. The number of nitrogens with one attached hydrogen (secondary N) is 3. The minimum Gasteiger partial charge on any atom is -0.354 e. The standard InChI is InChI=1S/C21H33N5O2S5/c22-6-11-30-29-10-3-8-24-17(20(27)25-9-13-32-31-12-7-23)15-26-21(28)19-14-16-4-1-2-5-18(16)33-19/h1-2,4-5,14,17,24H,3,6-13,15,22-23H2,(H,25,27)(H,26,28). The molecule has 1 aromatic carbocycles. The summed E-state index contributed by atoms with van der Waals surface area (Å²) in [6.07, 6.45) is 0.932. The van der Waals surface area contributed by atoms with E-state index in [1.807, 2.05) is 30.3 Å². The summed E-state index contributed by atoms with van der Waals surface area (Å²) in [6.45, 7) is 2.85. The first-order valence-electron chi connectivity index (χ1n) is 10.8. The van der Waals surface area contributed by atoms with Crippen molar-refractivity contribution in [3.05, 3.63) is 35.2 Å². The van der Waals surface area contributed by atoms with Gasteiger partial charge in [0.15, 0.2) is 0 Å². The first-order valence-corrected chi connectivity index (χ1v) is 16.6. The monoisotopic (exact) mass is 547 g/mol. The number of nitrogens with two attached hydrogens (primary N) is 2. The predicted molar refractivity (Wildman–Crippen MR) is 152 cm³/mol. The Balaban J connectivity index is 1.81. The highest BCUT2D eigenvalue weighted by Gasteiger charge is 2.19. The average molecular weight is 548 g/mol. The Bertz CT molecular complexity index is 805. The van der Waals surface area contributed by atoms with Gasteiger partial charge in [0, 0.05) is 53.9 Å². The van der Waals surface area contributed by atoms with E-state index < -0.39 is 6.04 Å². The molecule has 0 saturated carbocycles. The van der Waals surface area contributed by atoms with Gasteiger partial charge in [0.2, 0.25) is 5.91 Å². The normalized spacial score (nSPS) is 12.1. The summed E-state index contributed by atoms with van der Waals surface area (Å²) >= 11 is 1.46. The van der Waals surface area contributed by atoms with Gasteiger partial charge in [0.05, 0.1) is 4.88 Å². The van der Waals surface area contributed by atoms with Crippen molar-refractivity contribution in [1.82, 2.24) is 16.0 Å². The van der Waals surface area contributed by atoms with Gasteiger partial charge in [-0.2, -0.15) is 0 Å². The van der Waals surface area contributed by atoms with Crippen LogP contribution in [0.3, 0.4) is 0 Å². The number of thiophene rings is 1. The van der Waals surface area contributed by atoms with Crippen LogP contribution in [0.25, 0.3) is 10.1 Å². The molecule has 2 aromatic rings. The molecule has 0 bridgehead atoms. The number of amides is 2. The molecule has 184 valence electrons. The maximum absolute atomic E-state index is 12.7. The number of carbonyl (C=O) groups excluding carboxylic acids is 2. The van der Waals surface area contributed by atoms with Crippen LogP contribution in [-0.4, -0.2) is 73.6 Å². The van der Waals surface area contributed by atoms with Crippen LogP contribution in [0.5, 0.6) is 0 Å². The van der Waals surface area contributed by atoms with Gasteiger partial charge >= 0.3 is 0 Å². The van der Waals surface area contributed by atoms with Crippen molar-refractivity contribution in [3.8, 4) is 0 Å². The van der Waals surface area contributed by atoms with Crippen molar-refractivity contribution in [2.45, 2.75) is 12.5 Å². The lowest BCUT2D eigenvalue weighted by Gasteiger charge is -2.19. The smallest absolute Gasteiger partial charge is 0.261 e. The van der Waals surface area contributed by atoms with E-state index >= 15 is 0 Å². The fourth-order valence-corrected chi connectivity index (χ4v) is 7.40. The van der Waals surface area contributed by atoms with Gasteiger partial charge in [-0.3, -0.25) is 9.59 Å². The minimum atomic E-state index is -0.480. The third-order valence-corrected chi connectivity index (χ3v) is 10.4. The molecule has 2 amide bonds. The van der Waals surface area contributed by atoms with Gasteiger partial charge in [0.25, 0.3) is 5.91 Å². The summed E-state index contributed by atoms with van der Waals surface area (Å²) < 4.78 is 1.07. The van der Waals surface area contributed by atoms with Crippen LogP contribution in [0.4, 0.5) is 0 Å². The lowest BCUT2D eigenvalue weighted by Crippen LogP contribution is -2.51. The molecule has 0 aliphatic rings. The third-order valence-electron chi connectivity index (χ3n) is 4.28. The molecule has 1 aromatic heterocycles. The number of benzene rings is 1. The van der Waals surface area contributed by atoms with E-state index in [0.717, 1.165) is 39.5 Å². The topological polar surface area (TPSA) is 122 Å². The zero-order valence-electron chi connectivity index (χ0n) is 18.5. The minimum absolute atomic E-state index is 0.0961. The van der Waals surface area contributed by atoms with E-state index in [4.69, 9.17) is 11.5 Å². The molecule has 0 spiro atoms. The first kappa shape index (κ1) is 28.6. The molecular formula is C21H33N5O2S5. The van der Waals surface area contributed by atoms with Crippen LogP contribution in [0.2, 0.25) is 0 Å². The number of carbonyl (C=O) groups is 2. The zero-order valence-corrected chi connectivity index (χ0v) is 22.6. The van der Waals surface area contributed by atoms with E-state index in [-0.39, 0.29) is 18.4 Å². The Morgan fingerprint density at radius 2 is 1.61 bits per heavy atom. The highest BCUT2D eigenvalue weighted by Crippen LogP contribution is 2.25. The second-order valence-corrected chi connectivity index (χ2v) is 13.4. The van der Waals surface area contributed by atoms with E-state index in [2.05, 4.69) is 16.0 Å². The molecule has 0 saturated heterocycles. The molecule has 0 radical (unpaired) electrons. The Hall–Kier alpha value is -0.600. The van der Waals surface area contributed by atoms with Crippen molar-refractivity contribution in [1.29, 1.82) is 0 Å². The van der Waals surface area contributed by atoms with Crippen LogP contribution < -0.4 is 27.4 Å². The summed E-state index contributed by atoms with van der Waals surface area (Å²) in [7, 11) is 6.97. The molecule has 1 heterocycles. The van der Waals surface area contributed by atoms with E-state index in [0.29, 0.717) is 31.1 Å². The summed E-state index contributed by atoms with van der Waals surface area (Å²) in [6, 6.07) is 9.33. The Kier molecular flexibility index (Phi) is 15.4. The summed E-state index contributed by atoms with van der Waals surface area (Å²) in [5.74, 6) is 3.38. The zero-order chi connectivity index (χ0) is 23.7. The van der Waals surface area contributed by atoms with E-state index in [9.17, 15) is 9.59 Å². The van der Waals surface area contributed by atoms with E-state index in [1.54, 1.807) is 43.2 Å². The van der Waals surface area contributed by atoms with Crippen LogP contribution in [0, 0.1) is 0 Å². The molecule has 33 heavy (non-hydrogen) atoms. The van der Waals surface area contributed by atoms with Gasteiger partial charge in [0.1, 0.15) is 6.04 Å². The second-order valence-electron chi connectivity index (χ2n) is 6.88. The first-order chi connectivity index (χ1) is 16.2. The van der Waals surface area contributed by atoms with Crippen molar-refractivity contribution >= 4 is 76.4 Å². The van der Waals surface area contributed by atoms with Crippen molar-refractivity contribution in [2.24, 2.45) is 11.5 Å². The molecule has 7 nitrogen and oxygen atoms in total. The SMILES string of the molecule is NCCSSCCCNC(CNC(=O)c1cc2ccccc2s1)C(=O)NCCSSCCN. The molecule has 0 aliphatic heterocycles. The van der Waals surface area contributed by atoms with Crippen LogP contribution in [0.1, 0.15) is 16.1 Å². The molecular weight excluding hydrogens is 515 g/mol. The Labute approximate surface area is 215 Å². The fraction of sp³-hybridized carbons (Fsp3) is 0.524. The largest absolute Gasteiger partial charge is 0.354 e. The van der Waals surface area contributed by atoms with Gasteiger partial charge < -0.3 is 27.4 Å². The fourth-order valence-electron chi connectivity index (χ4n) is 2.71. The maximum Gasteiger partial charge on any atom is 0.261 e. The van der Waals surface area contributed by atoms with Gasteiger partial charge in [-0.25, -0.2) is 0 Å². The predicted octanol–water partition coefficient (Wildman–Crippen LogP) is 2.78. The summed E-state index contributed by atoms with van der Waals surface area (Å²) in [4.78, 5) is 26.1. The Morgan fingerprint density at radius 1 is 0.909 bits per heavy atom. The highest BCUT2D eigenvalue weighted by molar-refractivity contribution is 8.77. The quantitative estimate of drug-likeness (QED) is 0.142. The lowest BCUT2D eigenvalue weighted by atomic mass is 10.2. The van der Waals surface area contributed by atoms with E-state index in [1.165, 1.54) is 11.3 Å². The molecule has 7 N–H and O–H groups in total. The van der Waals surface area contributed by atoms with Gasteiger partial charge in [-0.05, 0) is 30.5 Å². The van der Waals surface area contributed by atoms with Crippen molar-refractivity contribution in [3.63, 3.8) is 0 Å². The molecule has 0 aliphatic carbocycles. The number of rotatable bonds is 18. The molecule has 2 rings (SSSR count). The van der Waals surface area contributed by atoms with Crippen LogP contribution in [-0.2, 0) is 4.79 Å². The van der Waals surface area contributed by atoms with Crippen molar-refractivity contribution < 1.29 is 9.59 Å². The van der Waals surface area contributed by atoms with Gasteiger partial charge in [-0.1, -0.05) is 61.4 Å². The molecule has 0 fully saturated rings. The lowest BCUT2D eigenvalue weighted by molar-refractivity contribution is -0.122. The number of hydrogen-bond acceptors (Lipinski definition) is 10. The molecule has 12 heteroatoms. The summed E-state index contributed by atoms with van der Waals surface area (Å²) in [5.41, 5.74) is 11.0. The van der Waals surface area contributed by atoms with Crippen LogP contribution in [0.15, 0.2) is 30.3 Å². The number of hydrogen-bond donors (Lipinski definition) is 5. The van der Waals surface area contributed by atoms with Crippen LogP contribution >= 0.6 is 54.5 Å². The summed E-state index contributed by atoms with van der Waals surface area (Å²) in [5, 5.41) is 10.3. The number of fused-ring (bicyclic) bond motifs is 1. The van der Waals surface area contributed by atoms with Crippen molar-refractivity contribution in [2.75, 3.05) is 55.7 Å².